The standard InChI is InChI=1S/C13H12BrCl2NO/c1-7-3-4-12(18-7)8(2)17-13-10(15)5-9(14)6-11(13)16/h3-6,8,17H,1-2H3. The Hall–Kier alpha value is -0.640. The number of benzene rings is 1. The first-order valence-corrected chi connectivity index (χ1v) is 6.99. The second-order valence-electron chi connectivity index (χ2n) is 4.06. The summed E-state index contributed by atoms with van der Waals surface area (Å²) in [7, 11) is 0. The van der Waals surface area contributed by atoms with Crippen molar-refractivity contribution < 1.29 is 4.42 Å². The van der Waals surface area contributed by atoms with Gasteiger partial charge in [0.2, 0.25) is 0 Å². The zero-order valence-corrected chi connectivity index (χ0v) is 13.0. The Kier molecular flexibility index (Phi) is 4.25. The Bertz CT molecular complexity index is 545. The third-order valence-electron chi connectivity index (χ3n) is 2.56. The minimum Gasteiger partial charge on any atom is -0.464 e. The molecule has 2 aromatic rings. The van der Waals surface area contributed by atoms with Crippen LogP contribution in [-0.2, 0) is 0 Å². The summed E-state index contributed by atoms with van der Waals surface area (Å²) in [4.78, 5) is 0. The van der Waals surface area contributed by atoms with Crippen molar-refractivity contribution in [3.63, 3.8) is 0 Å². The molecule has 1 heterocycles. The fourth-order valence-corrected chi connectivity index (χ4v) is 2.97. The normalized spacial score (nSPS) is 12.5. The lowest BCUT2D eigenvalue weighted by Gasteiger charge is -2.16. The molecule has 96 valence electrons. The molecule has 18 heavy (non-hydrogen) atoms. The van der Waals surface area contributed by atoms with Crippen LogP contribution in [0.1, 0.15) is 24.5 Å². The quantitative estimate of drug-likeness (QED) is 0.754. The van der Waals surface area contributed by atoms with Gasteiger partial charge >= 0.3 is 0 Å². The number of nitrogens with one attached hydrogen (secondary N) is 1. The molecule has 0 saturated carbocycles. The van der Waals surface area contributed by atoms with E-state index in [4.69, 9.17) is 27.6 Å². The first-order chi connectivity index (χ1) is 8.47. The molecule has 5 heteroatoms. The van der Waals surface area contributed by atoms with E-state index in [1.807, 2.05) is 26.0 Å². The Labute approximate surface area is 124 Å². The molecular formula is C13H12BrCl2NO. The summed E-state index contributed by atoms with van der Waals surface area (Å²) in [5, 5.41) is 4.40. The van der Waals surface area contributed by atoms with Crippen LogP contribution in [0.4, 0.5) is 5.69 Å². The summed E-state index contributed by atoms with van der Waals surface area (Å²) in [6, 6.07) is 7.47. The van der Waals surface area contributed by atoms with Crippen LogP contribution in [0.3, 0.4) is 0 Å². The van der Waals surface area contributed by atoms with E-state index in [2.05, 4.69) is 21.2 Å². The van der Waals surface area contributed by atoms with E-state index in [-0.39, 0.29) is 6.04 Å². The minimum absolute atomic E-state index is 0.00474. The van der Waals surface area contributed by atoms with Crippen LogP contribution < -0.4 is 5.32 Å². The van der Waals surface area contributed by atoms with Crippen LogP contribution in [0.15, 0.2) is 33.2 Å². The topological polar surface area (TPSA) is 25.2 Å². The van der Waals surface area contributed by atoms with E-state index >= 15 is 0 Å². The van der Waals surface area contributed by atoms with Crippen molar-refractivity contribution in [3.05, 3.63) is 50.3 Å². The molecule has 0 bridgehead atoms. The predicted molar refractivity (Wildman–Crippen MR) is 79.6 cm³/mol. The van der Waals surface area contributed by atoms with E-state index in [0.717, 1.165) is 16.0 Å². The molecular weight excluding hydrogens is 337 g/mol. The van der Waals surface area contributed by atoms with Gasteiger partial charge in [-0.2, -0.15) is 0 Å². The van der Waals surface area contributed by atoms with Gasteiger partial charge in [-0.1, -0.05) is 39.1 Å². The number of rotatable bonds is 3. The van der Waals surface area contributed by atoms with E-state index in [0.29, 0.717) is 15.7 Å². The van der Waals surface area contributed by atoms with Crippen LogP contribution in [0, 0.1) is 6.92 Å². The van der Waals surface area contributed by atoms with Crippen LogP contribution in [0.25, 0.3) is 0 Å². The van der Waals surface area contributed by atoms with E-state index < -0.39 is 0 Å². The van der Waals surface area contributed by atoms with Gasteiger partial charge in [-0.15, -0.1) is 0 Å². The lowest BCUT2D eigenvalue weighted by molar-refractivity contribution is 0.467. The van der Waals surface area contributed by atoms with Gasteiger partial charge in [0.05, 0.1) is 21.8 Å². The smallest absolute Gasteiger partial charge is 0.126 e. The van der Waals surface area contributed by atoms with Gasteiger partial charge in [0, 0.05) is 4.47 Å². The molecule has 1 aromatic heterocycles. The molecule has 0 spiro atoms. The number of hydrogen-bond acceptors (Lipinski definition) is 2. The largest absolute Gasteiger partial charge is 0.464 e. The maximum Gasteiger partial charge on any atom is 0.126 e. The van der Waals surface area contributed by atoms with Gasteiger partial charge in [-0.05, 0) is 38.1 Å². The number of halogens is 3. The molecule has 1 atom stereocenters. The lowest BCUT2D eigenvalue weighted by atomic mass is 10.2. The van der Waals surface area contributed by atoms with Gasteiger partial charge in [-0.3, -0.25) is 0 Å². The van der Waals surface area contributed by atoms with Crippen molar-refractivity contribution in [3.8, 4) is 0 Å². The maximum absolute atomic E-state index is 6.16. The van der Waals surface area contributed by atoms with Crippen LogP contribution in [-0.4, -0.2) is 0 Å². The highest BCUT2D eigenvalue weighted by Crippen LogP contribution is 2.36. The fraction of sp³-hybridized carbons (Fsp3) is 0.231. The van der Waals surface area contributed by atoms with Gasteiger partial charge in [0.25, 0.3) is 0 Å². The van der Waals surface area contributed by atoms with Gasteiger partial charge < -0.3 is 9.73 Å². The first-order valence-electron chi connectivity index (χ1n) is 5.45. The van der Waals surface area contributed by atoms with Crippen molar-refractivity contribution >= 4 is 44.8 Å². The Morgan fingerprint density at radius 2 is 1.83 bits per heavy atom. The number of anilines is 1. The van der Waals surface area contributed by atoms with Crippen LogP contribution >= 0.6 is 39.1 Å². The molecule has 0 radical (unpaired) electrons. The molecule has 0 aliphatic carbocycles. The number of hydrogen-bond donors (Lipinski definition) is 1. The van der Waals surface area contributed by atoms with Crippen molar-refractivity contribution in [2.75, 3.05) is 5.32 Å². The third kappa shape index (κ3) is 3.02. The monoisotopic (exact) mass is 347 g/mol. The average molecular weight is 349 g/mol. The summed E-state index contributed by atoms with van der Waals surface area (Å²) in [5.74, 6) is 1.73. The highest BCUT2D eigenvalue weighted by molar-refractivity contribution is 9.10. The molecule has 0 aliphatic heterocycles. The molecule has 1 aromatic carbocycles. The molecule has 1 N–H and O–H groups in total. The molecule has 0 fully saturated rings. The minimum atomic E-state index is -0.00474. The third-order valence-corrected chi connectivity index (χ3v) is 3.61. The Morgan fingerprint density at radius 3 is 2.33 bits per heavy atom. The van der Waals surface area contributed by atoms with Gasteiger partial charge in [0.15, 0.2) is 0 Å². The Morgan fingerprint density at radius 1 is 1.22 bits per heavy atom. The maximum atomic E-state index is 6.16. The zero-order chi connectivity index (χ0) is 13.3. The summed E-state index contributed by atoms with van der Waals surface area (Å²) in [6.07, 6.45) is 0. The molecule has 2 rings (SSSR count). The van der Waals surface area contributed by atoms with Gasteiger partial charge in [-0.25, -0.2) is 0 Å². The first kappa shape index (κ1) is 13.8. The zero-order valence-electron chi connectivity index (χ0n) is 9.93. The van der Waals surface area contributed by atoms with Gasteiger partial charge in [0.1, 0.15) is 11.5 Å². The average Bonchev–Trinajstić information content (AvgIpc) is 2.70. The summed E-state index contributed by atoms with van der Waals surface area (Å²) in [6.45, 7) is 3.91. The predicted octanol–water partition coefficient (Wildman–Crippen LogP) is 5.83. The molecule has 0 aliphatic rings. The summed E-state index contributed by atoms with van der Waals surface area (Å²) in [5.41, 5.74) is 0.711. The molecule has 0 saturated heterocycles. The van der Waals surface area contributed by atoms with E-state index in [9.17, 15) is 0 Å². The molecule has 2 nitrogen and oxygen atoms in total. The van der Waals surface area contributed by atoms with Crippen molar-refractivity contribution in [2.45, 2.75) is 19.9 Å². The second-order valence-corrected chi connectivity index (χ2v) is 5.79. The van der Waals surface area contributed by atoms with E-state index in [1.165, 1.54) is 0 Å². The molecule has 1 unspecified atom stereocenters. The van der Waals surface area contributed by atoms with E-state index in [1.54, 1.807) is 12.1 Å². The van der Waals surface area contributed by atoms with Crippen LogP contribution in [0.5, 0.6) is 0 Å². The van der Waals surface area contributed by atoms with Crippen molar-refractivity contribution in [1.29, 1.82) is 0 Å². The number of aryl methyl sites for hydroxylation is 1. The van der Waals surface area contributed by atoms with Crippen molar-refractivity contribution in [2.24, 2.45) is 0 Å². The second kappa shape index (κ2) is 5.55. The Balaban J connectivity index is 2.24. The summed E-state index contributed by atoms with van der Waals surface area (Å²) < 4.78 is 6.41. The van der Waals surface area contributed by atoms with Crippen molar-refractivity contribution in [1.82, 2.24) is 0 Å². The highest BCUT2D eigenvalue weighted by Gasteiger charge is 2.14. The van der Waals surface area contributed by atoms with Crippen LogP contribution in [0.2, 0.25) is 10.0 Å². The highest BCUT2D eigenvalue weighted by atomic mass is 79.9. The number of furan rings is 1. The lowest BCUT2D eigenvalue weighted by Crippen LogP contribution is -2.06. The summed E-state index contributed by atoms with van der Waals surface area (Å²) >= 11 is 15.7. The SMILES string of the molecule is Cc1ccc(C(C)Nc2c(Cl)cc(Br)cc2Cl)o1. The molecule has 0 amide bonds. The fourth-order valence-electron chi connectivity index (χ4n) is 1.65.